The van der Waals surface area contributed by atoms with Crippen molar-refractivity contribution in [2.75, 3.05) is 20.0 Å². The fourth-order valence-corrected chi connectivity index (χ4v) is 2.42. The Morgan fingerprint density at radius 2 is 1.81 bits per heavy atom. The Morgan fingerprint density at radius 1 is 1.10 bits per heavy atom. The highest BCUT2D eigenvalue weighted by molar-refractivity contribution is 6.34. The summed E-state index contributed by atoms with van der Waals surface area (Å²) in [4.78, 5) is 12.7. The van der Waals surface area contributed by atoms with E-state index in [9.17, 15) is 4.79 Å². The van der Waals surface area contributed by atoms with Gasteiger partial charge in [-0.05, 0) is 36.8 Å². The number of rotatable bonds is 4. The van der Waals surface area contributed by atoms with Crippen molar-refractivity contribution in [3.05, 3.63) is 52.0 Å². The number of aryl methyl sites for hydroxylation is 1. The van der Waals surface area contributed by atoms with E-state index in [1.165, 1.54) is 14.2 Å². The van der Waals surface area contributed by atoms with E-state index >= 15 is 0 Å². The van der Waals surface area contributed by atoms with Crippen LogP contribution in [-0.4, -0.2) is 20.0 Å². The first-order chi connectivity index (χ1) is 9.99. The van der Waals surface area contributed by atoms with Crippen molar-refractivity contribution < 1.29 is 14.3 Å². The normalized spacial score (nSPS) is 10.3. The summed E-state index contributed by atoms with van der Waals surface area (Å²) in [6.45, 7) is 1.85. The van der Waals surface area contributed by atoms with Gasteiger partial charge in [0.2, 0.25) is 0 Å². The largest absolute Gasteiger partial charge is 0.495 e. The summed E-state index contributed by atoms with van der Waals surface area (Å²) < 4.78 is 10.4. The molecule has 2 aromatic carbocycles. The Morgan fingerprint density at radius 3 is 2.43 bits per heavy atom. The molecule has 21 heavy (non-hydrogen) atoms. The first-order valence-corrected chi connectivity index (χ1v) is 6.68. The molecule has 4 nitrogen and oxygen atoms in total. The molecule has 0 aliphatic heterocycles. The highest BCUT2D eigenvalue weighted by Gasteiger charge is 2.21. The second kappa shape index (κ2) is 6.06. The summed E-state index contributed by atoms with van der Waals surface area (Å²) in [6.07, 6.45) is 0. The minimum absolute atomic E-state index is 0.193. The number of methoxy groups -OCH3 is 2. The number of carbonyl (C=O) groups excluding carboxylic acids is 1. The lowest BCUT2D eigenvalue weighted by Gasteiger charge is -2.13. The number of ether oxygens (including phenoxy) is 2. The first-order valence-electron chi connectivity index (χ1n) is 6.31. The van der Waals surface area contributed by atoms with Crippen LogP contribution in [0.25, 0.3) is 0 Å². The third kappa shape index (κ3) is 2.81. The number of ketones is 1. The number of hydrogen-bond acceptors (Lipinski definition) is 4. The van der Waals surface area contributed by atoms with E-state index in [1.54, 1.807) is 30.3 Å². The first kappa shape index (κ1) is 15.2. The van der Waals surface area contributed by atoms with Crippen LogP contribution < -0.4 is 15.2 Å². The van der Waals surface area contributed by atoms with Gasteiger partial charge in [-0.25, -0.2) is 0 Å². The number of carbonyl (C=O) groups is 1. The molecule has 5 heteroatoms. The van der Waals surface area contributed by atoms with Crippen LogP contribution in [0.4, 0.5) is 5.69 Å². The molecule has 0 radical (unpaired) electrons. The third-order valence-corrected chi connectivity index (χ3v) is 3.59. The Kier molecular flexibility index (Phi) is 4.38. The summed E-state index contributed by atoms with van der Waals surface area (Å²) in [5.41, 5.74) is 8.02. The maximum Gasteiger partial charge on any atom is 0.197 e. The molecular weight excluding hydrogens is 290 g/mol. The fraction of sp³-hybridized carbons (Fsp3) is 0.188. The van der Waals surface area contributed by atoms with Gasteiger partial charge in [-0.15, -0.1) is 0 Å². The Bertz CT molecular complexity index is 698. The average molecular weight is 306 g/mol. The summed E-state index contributed by atoms with van der Waals surface area (Å²) >= 11 is 6.19. The Labute approximate surface area is 128 Å². The topological polar surface area (TPSA) is 61.5 Å². The highest BCUT2D eigenvalue weighted by Crippen LogP contribution is 2.38. The van der Waals surface area contributed by atoms with Crippen LogP contribution >= 0.6 is 11.6 Å². The fourth-order valence-electron chi connectivity index (χ4n) is 2.10. The summed E-state index contributed by atoms with van der Waals surface area (Å²) in [7, 11) is 2.97. The molecule has 0 spiro atoms. The van der Waals surface area contributed by atoms with E-state index in [-0.39, 0.29) is 10.8 Å². The molecule has 110 valence electrons. The zero-order valence-electron chi connectivity index (χ0n) is 12.1. The lowest BCUT2D eigenvalue weighted by Crippen LogP contribution is -2.07. The second-order valence-corrected chi connectivity index (χ2v) is 4.94. The number of nitrogens with two attached hydrogens (primary N) is 1. The van der Waals surface area contributed by atoms with E-state index in [4.69, 9.17) is 26.8 Å². The maximum absolute atomic E-state index is 12.7. The predicted molar refractivity (Wildman–Crippen MR) is 83.6 cm³/mol. The van der Waals surface area contributed by atoms with E-state index in [0.717, 1.165) is 5.56 Å². The van der Waals surface area contributed by atoms with Crippen LogP contribution in [0, 0.1) is 6.92 Å². The standard InChI is InChI=1S/C16H16ClNO3/c1-9-4-5-10(18)8-12(9)15(19)11-6-7-13(20-2)14(17)16(11)21-3/h4-8H,18H2,1-3H3. The molecule has 0 saturated heterocycles. The van der Waals surface area contributed by atoms with Crippen LogP contribution in [0.15, 0.2) is 30.3 Å². The molecule has 0 unspecified atom stereocenters. The van der Waals surface area contributed by atoms with Gasteiger partial charge in [0.15, 0.2) is 11.5 Å². The number of anilines is 1. The number of halogens is 1. The van der Waals surface area contributed by atoms with Gasteiger partial charge >= 0.3 is 0 Å². The molecule has 2 rings (SSSR count). The smallest absolute Gasteiger partial charge is 0.197 e. The van der Waals surface area contributed by atoms with Crippen molar-refractivity contribution in [3.8, 4) is 11.5 Å². The predicted octanol–water partition coefficient (Wildman–Crippen LogP) is 3.48. The lowest BCUT2D eigenvalue weighted by molar-refractivity contribution is 0.103. The lowest BCUT2D eigenvalue weighted by atomic mass is 9.97. The van der Waals surface area contributed by atoms with Gasteiger partial charge in [-0.2, -0.15) is 0 Å². The quantitative estimate of drug-likeness (QED) is 0.694. The molecule has 0 amide bonds. The molecule has 2 aromatic rings. The van der Waals surface area contributed by atoms with Crippen molar-refractivity contribution >= 4 is 23.1 Å². The van der Waals surface area contributed by atoms with Gasteiger partial charge in [0.1, 0.15) is 10.8 Å². The Hall–Kier alpha value is -2.20. The second-order valence-electron chi connectivity index (χ2n) is 4.57. The van der Waals surface area contributed by atoms with Gasteiger partial charge in [0, 0.05) is 11.3 Å². The SMILES string of the molecule is COc1ccc(C(=O)c2cc(N)ccc2C)c(OC)c1Cl. The van der Waals surface area contributed by atoms with Crippen LogP contribution in [0.3, 0.4) is 0 Å². The van der Waals surface area contributed by atoms with Crippen LogP contribution in [0.1, 0.15) is 21.5 Å². The average Bonchev–Trinajstić information content (AvgIpc) is 2.48. The molecule has 0 fully saturated rings. The molecular formula is C16H16ClNO3. The molecule has 0 aromatic heterocycles. The van der Waals surface area contributed by atoms with Crippen molar-refractivity contribution in [1.29, 1.82) is 0 Å². The minimum atomic E-state index is -0.193. The van der Waals surface area contributed by atoms with Crippen LogP contribution in [0.5, 0.6) is 11.5 Å². The monoisotopic (exact) mass is 305 g/mol. The zero-order chi connectivity index (χ0) is 15.6. The number of benzene rings is 2. The van der Waals surface area contributed by atoms with E-state index in [1.807, 2.05) is 6.92 Å². The third-order valence-electron chi connectivity index (χ3n) is 3.24. The highest BCUT2D eigenvalue weighted by atomic mass is 35.5. The molecule has 0 aliphatic carbocycles. The molecule has 2 N–H and O–H groups in total. The minimum Gasteiger partial charge on any atom is -0.495 e. The summed E-state index contributed by atoms with van der Waals surface area (Å²) in [6, 6.07) is 8.48. The van der Waals surface area contributed by atoms with E-state index in [2.05, 4.69) is 0 Å². The summed E-state index contributed by atoms with van der Waals surface area (Å²) in [5, 5.41) is 0.271. The van der Waals surface area contributed by atoms with Crippen LogP contribution in [0.2, 0.25) is 5.02 Å². The molecule has 0 saturated carbocycles. The van der Waals surface area contributed by atoms with Gasteiger partial charge in [-0.1, -0.05) is 17.7 Å². The van der Waals surface area contributed by atoms with Crippen molar-refractivity contribution in [2.45, 2.75) is 6.92 Å². The van der Waals surface area contributed by atoms with Gasteiger partial charge in [0.05, 0.1) is 19.8 Å². The van der Waals surface area contributed by atoms with Gasteiger partial charge < -0.3 is 15.2 Å². The molecule has 0 atom stereocenters. The maximum atomic E-state index is 12.7. The molecule has 0 bridgehead atoms. The zero-order valence-corrected chi connectivity index (χ0v) is 12.8. The van der Waals surface area contributed by atoms with E-state index in [0.29, 0.717) is 28.3 Å². The van der Waals surface area contributed by atoms with Gasteiger partial charge in [-0.3, -0.25) is 4.79 Å². The molecule has 0 aliphatic rings. The summed E-state index contributed by atoms with van der Waals surface area (Å²) in [5.74, 6) is 0.554. The van der Waals surface area contributed by atoms with E-state index < -0.39 is 0 Å². The van der Waals surface area contributed by atoms with Crippen molar-refractivity contribution in [2.24, 2.45) is 0 Å². The number of hydrogen-bond donors (Lipinski definition) is 1. The van der Waals surface area contributed by atoms with Crippen molar-refractivity contribution in [3.63, 3.8) is 0 Å². The van der Waals surface area contributed by atoms with Crippen LogP contribution in [-0.2, 0) is 0 Å². The Balaban J connectivity index is 2.58. The van der Waals surface area contributed by atoms with Gasteiger partial charge in [0.25, 0.3) is 0 Å². The number of nitrogen functional groups attached to an aromatic ring is 1. The molecule has 0 heterocycles. The van der Waals surface area contributed by atoms with Crippen molar-refractivity contribution in [1.82, 2.24) is 0 Å².